The molecule has 0 aliphatic rings. The van der Waals surface area contributed by atoms with Crippen LogP contribution in [0.25, 0.3) is 16.7 Å². The molecule has 200 valence electrons. The molecule has 1 aromatic carbocycles. The van der Waals surface area contributed by atoms with E-state index in [-0.39, 0.29) is 30.1 Å². The lowest BCUT2D eigenvalue weighted by molar-refractivity contribution is 0.0127. The Morgan fingerprint density at radius 3 is 2.46 bits per heavy atom. The van der Waals surface area contributed by atoms with Crippen molar-refractivity contribution in [2.24, 2.45) is 7.05 Å². The maximum absolute atomic E-state index is 14.3. The van der Waals surface area contributed by atoms with Gasteiger partial charge in [0.25, 0.3) is 17.7 Å². The van der Waals surface area contributed by atoms with Crippen LogP contribution >= 0.6 is 0 Å². The Morgan fingerprint density at radius 1 is 1.03 bits per heavy atom. The van der Waals surface area contributed by atoms with Crippen LogP contribution in [0.3, 0.4) is 0 Å². The van der Waals surface area contributed by atoms with Crippen molar-refractivity contribution in [1.29, 1.82) is 0 Å². The molecule has 2 amide bonds. The van der Waals surface area contributed by atoms with E-state index in [1.54, 1.807) is 25.2 Å². The monoisotopic (exact) mass is 539 g/mol. The van der Waals surface area contributed by atoms with Gasteiger partial charge in [0.05, 0.1) is 11.7 Å². The van der Waals surface area contributed by atoms with Gasteiger partial charge in [-0.15, -0.1) is 0 Å². The summed E-state index contributed by atoms with van der Waals surface area (Å²) in [7, 11) is 1.55. The minimum absolute atomic E-state index is 0.0457. The molecule has 0 saturated carbocycles. The van der Waals surface area contributed by atoms with Gasteiger partial charge in [-0.3, -0.25) is 19.1 Å². The number of aryl methyl sites for hydroxylation is 1. The van der Waals surface area contributed by atoms with Crippen molar-refractivity contribution in [2.75, 3.05) is 0 Å². The lowest BCUT2D eigenvalue weighted by Crippen LogP contribution is -2.28. The number of nitrogens with one attached hydrogen (secondary N) is 2. The molecule has 14 heteroatoms. The fraction of sp³-hybridized carbons (Fsp3) is 0.200. The largest absolute Gasteiger partial charge is 0.419 e. The highest BCUT2D eigenvalue weighted by Gasteiger charge is 2.26. The van der Waals surface area contributed by atoms with E-state index >= 15 is 0 Å². The van der Waals surface area contributed by atoms with Crippen LogP contribution in [0.4, 0.5) is 13.2 Å². The Bertz CT molecular complexity index is 1790. The fourth-order valence-electron chi connectivity index (χ4n) is 3.83. The SMILES string of the molecule is Cn1c(=O)oc2ccc(CNC(=O)c3cc(C(=O)NCc4ccc(C(C)(F)F)nc4)n4ncc(F)c4n3)cc21. The molecule has 0 atom stereocenters. The number of fused-ring (bicyclic) bond motifs is 2. The molecular weight excluding hydrogens is 519 g/mol. The zero-order chi connectivity index (χ0) is 27.9. The van der Waals surface area contributed by atoms with Gasteiger partial charge in [0.15, 0.2) is 17.0 Å². The van der Waals surface area contributed by atoms with Crippen molar-refractivity contribution in [3.63, 3.8) is 0 Å². The van der Waals surface area contributed by atoms with Gasteiger partial charge in [-0.2, -0.15) is 13.9 Å². The average Bonchev–Trinajstić information content (AvgIpc) is 3.43. The van der Waals surface area contributed by atoms with Gasteiger partial charge in [0, 0.05) is 39.3 Å². The average molecular weight is 539 g/mol. The number of hydrogen-bond donors (Lipinski definition) is 2. The van der Waals surface area contributed by atoms with E-state index < -0.39 is 35.0 Å². The number of oxazole rings is 1. The Labute approximate surface area is 217 Å². The molecule has 0 aliphatic heterocycles. The van der Waals surface area contributed by atoms with Crippen molar-refractivity contribution in [2.45, 2.75) is 25.9 Å². The number of carbonyl (C=O) groups excluding carboxylic acids is 2. The maximum atomic E-state index is 14.3. The molecule has 4 aromatic heterocycles. The van der Waals surface area contributed by atoms with E-state index in [1.807, 2.05) is 0 Å². The molecule has 0 unspecified atom stereocenters. The topological polar surface area (TPSA) is 136 Å². The van der Waals surface area contributed by atoms with Crippen LogP contribution in [0, 0.1) is 5.82 Å². The number of carbonyl (C=O) groups is 2. The summed E-state index contributed by atoms with van der Waals surface area (Å²) in [4.78, 5) is 45.2. The molecule has 5 rings (SSSR count). The molecule has 5 aromatic rings. The summed E-state index contributed by atoms with van der Waals surface area (Å²) in [6.45, 7) is 0.698. The minimum atomic E-state index is -3.10. The number of alkyl halides is 2. The van der Waals surface area contributed by atoms with Crippen LogP contribution in [0.5, 0.6) is 0 Å². The van der Waals surface area contributed by atoms with E-state index in [2.05, 4.69) is 25.7 Å². The molecule has 0 spiro atoms. The third kappa shape index (κ3) is 5.08. The van der Waals surface area contributed by atoms with Crippen molar-refractivity contribution in [1.82, 2.24) is 34.8 Å². The summed E-state index contributed by atoms with van der Waals surface area (Å²) in [5, 5.41) is 9.05. The highest BCUT2D eigenvalue weighted by molar-refractivity contribution is 5.98. The van der Waals surface area contributed by atoms with Crippen LogP contribution in [-0.4, -0.2) is 36.0 Å². The standard InChI is InChI=1S/C25H20F3N7O4/c1-25(27,28)20-6-4-14(10-29-20)11-31-23(37)18-8-16(33-21-15(26)12-32-35(18)21)22(36)30-9-13-3-5-19-17(7-13)34(2)24(38)39-19/h3-8,10,12H,9,11H2,1-2H3,(H,30,36)(H,31,37). The molecule has 2 N–H and O–H groups in total. The van der Waals surface area contributed by atoms with Gasteiger partial charge in [-0.25, -0.2) is 18.7 Å². The highest BCUT2D eigenvalue weighted by atomic mass is 19.3. The molecule has 0 fully saturated rings. The first-order valence-electron chi connectivity index (χ1n) is 11.5. The summed E-state index contributed by atoms with van der Waals surface area (Å²) in [6, 6.07) is 8.65. The van der Waals surface area contributed by atoms with Gasteiger partial charge in [-0.05, 0) is 29.3 Å². The first-order valence-corrected chi connectivity index (χ1v) is 11.5. The second-order valence-corrected chi connectivity index (χ2v) is 8.79. The Morgan fingerprint density at radius 2 is 1.74 bits per heavy atom. The lowest BCUT2D eigenvalue weighted by atomic mass is 10.2. The fourth-order valence-corrected chi connectivity index (χ4v) is 3.83. The Balaban J connectivity index is 1.34. The summed E-state index contributed by atoms with van der Waals surface area (Å²) < 4.78 is 48.5. The Kier molecular flexibility index (Phi) is 6.38. The number of rotatable bonds is 7. The highest BCUT2D eigenvalue weighted by Crippen LogP contribution is 2.24. The summed E-state index contributed by atoms with van der Waals surface area (Å²) in [5.41, 5.74) is 0.879. The molecule has 0 radical (unpaired) electrons. The molecule has 0 bridgehead atoms. The van der Waals surface area contributed by atoms with Crippen molar-refractivity contribution in [3.05, 3.63) is 93.4 Å². The number of benzene rings is 1. The second-order valence-electron chi connectivity index (χ2n) is 8.79. The van der Waals surface area contributed by atoms with Crippen LogP contribution in [-0.2, 0) is 26.1 Å². The minimum Gasteiger partial charge on any atom is -0.408 e. The van der Waals surface area contributed by atoms with Crippen molar-refractivity contribution < 1.29 is 27.2 Å². The zero-order valence-corrected chi connectivity index (χ0v) is 20.5. The van der Waals surface area contributed by atoms with Gasteiger partial charge in [0.2, 0.25) is 0 Å². The van der Waals surface area contributed by atoms with Gasteiger partial charge in [-0.1, -0.05) is 12.1 Å². The van der Waals surface area contributed by atoms with E-state index in [1.165, 1.54) is 16.8 Å². The third-order valence-corrected chi connectivity index (χ3v) is 5.93. The number of amides is 2. The summed E-state index contributed by atoms with van der Waals surface area (Å²) in [5.74, 6) is -5.86. The van der Waals surface area contributed by atoms with Gasteiger partial charge >= 0.3 is 5.76 Å². The first kappa shape index (κ1) is 25.6. The number of pyridine rings is 1. The number of halogens is 3. The molecule has 0 saturated heterocycles. The second kappa shape index (κ2) is 9.70. The predicted molar refractivity (Wildman–Crippen MR) is 131 cm³/mol. The predicted octanol–water partition coefficient (Wildman–Crippen LogP) is 2.68. The smallest absolute Gasteiger partial charge is 0.408 e. The normalized spacial score (nSPS) is 11.7. The number of hydrogen-bond acceptors (Lipinski definition) is 7. The summed E-state index contributed by atoms with van der Waals surface area (Å²) >= 11 is 0. The molecule has 0 aliphatic carbocycles. The van der Waals surface area contributed by atoms with Gasteiger partial charge in [0.1, 0.15) is 17.1 Å². The van der Waals surface area contributed by atoms with E-state index in [0.29, 0.717) is 22.2 Å². The van der Waals surface area contributed by atoms with Crippen LogP contribution < -0.4 is 16.4 Å². The van der Waals surface area contributed by atoms with Gasteiger partial charge < -0.3 is 15.1 Å². The maximum Gasteiger partial charge on any atom is 0.419 e. The molecular formula is C25H20F3N7O4. The number of nitrogens with zero attached hydrogens (tertiary/aromatic N) is 5. The van der Waals surface area contributed by atoms with Crippen LogP contribution in [0.15, 0.2) is 58.0 Å². The quantitative estimate of drug-likeness (QED) is 0.325. The third-order valence-electron chi connectivity index (χ3n) is 5.93. The van der Waals surface area contributed by atoms with Crippen LogP contribution in [0.1, 0.15) is 44.7 Å². The van der Waals surface area contributed by atoms with E-state index in [4.69, 9.17) is 4.42 Å². The Hall–Kier alpha value is -5.01. The molecule has 39 heavy (non-hydrogen) atoms. The summed E-state index contributed by atoms with van der Waals surface area (Å²) in [6.07, 6.45) is 2.07. The van der Waals surface area contributed by atoms with Crippen molar-refractivity contribution >= 4 is 28.6 Å². The van der Waals surface area contributed by atoms with Crippen LogP contribution in [0.2, 0.25) is 0 Å². The number of aromatic nitrogens is 5. The lowest BCUT2D eigenvalue weighted by Gasteiger charge is -2.11. The zero-order valence-electron chi connectivity index (χ0n) is 20.5. The molecule has 11 nitrogen and oxygen atoms in total. The van der Waals surface area contributed by atoms with E-state index in [0.717, 1.165) is 29.8 Å². The first-order chi connectivity index (χ1) is 18.5. The van der Waals surface area contributed by atoms with E-state index in [9.17, 15) is 27.6 Å². The van der Waals surface area contributed by atoms with Crippen molar-refractivity contribution in [3.8, 4) is 0 Å². The molecule has 4 heterocycles.